The van der Waals surface area contributed by atoms with Gasteiger partial charge in [-0.1, -0.05) is 19.9 Å². The SMILES string of the molecule is CC(C)NCc1cc(NC(=O)[C@H]2CCc3ccc(Oc4ccnc5c4CCC(=O)N5)cc3C2)cc(C(F)(F)F)c1. The summed E-state index contributed by atoms with van der Waals surface area (Å²) >= 11 is 0. The van der Waals surface area contributed by atoms with E-state index in [1.54, 1.807) is 18.3 Å². The Morgan fingerprint density at radius 2 is 1.93 bits per heavy atom. The lowest BCUT2D eigenvalue weighted by atomic mass is 9.83. The maximum Gasteiger partial charge on any atom is 0.416 e. The van der Waals surface area contributed by atoms with Crippen molar-refractivity contribution in [2.24, 2.45) is 5.92 Å². The van der Waals surface area contributed by atoms with Crippen LogP contribution in [0.1, 0.15) is 54.5 Å². The lowest BCUT2D eigenvalue weighted by Crippen LogP contribution is -2.28. The summed E-state index contributed by atoms with van der Waals surface area (Å²) in [4.78, 5) is 29.1. The van der Waals surface area contributed by atoms with E-state index in [4.69, 9.17) is 4.74 Å². The fraction of sp³-hybridized carbons (Fsp3) is 0.367. The van der Waals surface area contributed by atoms with Gasteiger partial charge in [0.1, 0.15) is 17.3 Å². The number of nitrogens with one attached hydrogen (secondary N) is 3. The van der Waals surface area contributed by atoms with Crippen LogP contribution in [0.15, 0.2) is 48.7 Å². The molecule has 210 valence electrons. The minimum atomic E-state index is -4.52. The highest BCUT2D eigenvalue weighted by Crippen LogP contribution is 2.36. The lowest BCUT2D eigenvalue weighted by molar-refractivity contribution is -0.137. The number of pyridine rings is 1. The Morgan fingerprint density at radius 3 is 2.70 bits per heavy atom. The highest BCUT2D eigenvalue weighted by molar-refractivity contribution is 5.94. The third-order valence-corrected chi connectivity index (χ3v) is 7.18. The number of halogens is 3. The summed E-state index contributed by atoms with van der Waals surface area (Å²) in [7, 11) is 0. The van der Waals surface area contributed by atoms with E-state index in [1.807, 2.05) is 32.0 Å². The molecule has 0 fully saturated rings. The zero-order chi connectivity index (χ0) is 28.4. The van der Waals surface area contributed by atoms with Crippen LogP contribution in [0.4, 0.5) is 24.7 Å². The Labute approximate surface area is 230 Å². The molecule has 1 aliphatic heterocycles. The molecule has 10 heteroatoms. The quantitative estimate of drug-likeness (QED) is 0.334. The maximum absolute atomic E-state index is 13.5. The Bertz CT molecular complexity index is 1440. The van der Waals surface area contributed by atoms with E-state index in [2.05, 4.69) is 20.9 Å². The molecule has 3 N–H and O–H groups in total. The molecular weight excluding hydrogens is 521 g/mol. The first-order valence-corrected chi connectivity index (χ1v) is 13.4. The first kappa shape index (κ1) is 27.6. The number of benzene rings is 2. The maximum atomic E-state index is 13.5. The molecule has 0 bridgehead atoms. The van der Waals surface area contributed by atoms with Crippen LogP contribution >= 0.6 is 0 Å². The van der Waals surface area contributed by atoms with Crippen molar-refractivity contribution in [1.29, 1.82) is 0 Å². The number of amides is 2. The zero-order valence-electron chi connectivity index (χ0n) is 22.3. The monoisotopic (exact) mass is 552 g/mol. The van der Waals surface area contributed by atoms with Crippen molar-refractivity contribution in [3.8, 4) is 11.5 Å². The van der Waals surface area contributed by atoms with Crippen molar-refractivity contribution in [3.05, 3.63) is 76.5 Å². The summed E-state index contributed by atoms with van der Waals surface area (Å²) in [6.45, 7) is 4.09. The molecule has 0 radical (unpaired) electrons. The van der Waals surface area contributed by atoms with Gasteiger partial charge in [-0.3, -0.25) is 9.59 Å². The minimum Gasteiger partial charge on any atom is -0.457 e. The molecule has 2 amide bonds. The van der Waals surface area contributed by atoms with Gasteiger partial charge >= 0.3 is 6.18 Å². The van der Waals surface area contributed by atoms with Gasteiger partial charge in [0, 0.05) is 42.4 Å². The van der Waals surface area contributed by atoms with Gasteiger partial charge in [-0.2, -0.15) is 13.2 Å². The number of rotatable bonds is 7. The van der Waals surface area contributed by atoms with E-state index < -0.39 is 17.7 Å². The van der Waals surface area contributed by atoms with E-state index >= 15 is 0 Å². The van der Waals surface area contributed by atoms with Gasteiger partial charge in [0.05, 0.1) is 5.56 Å². The number of fused-ring (bicyclic) bond motifs is 2. The molecular formula is C30H31F3N4O3. The number of alkyl halides is 3. The van der Waals surface area contributed by atoms with Crippen LogP contribution in [0.25, 0.3) is 0 Å². The summed E-state index contributed by atoms with van der Waals surface area (Å²) in [5, 5.41) is 8.62. The Hall–Kier alpha value is -3.92. The van der Waals surface area contributed by atoms with Gasteiger partial charge in [0.2, 0.25) is 11.8 Å². The fourth-order valence-electron chi connectivity index (χ4n) is 5.10. The van der Waals surface area contributed by atoms with Gasteiger partial charge in [0.15, 0.2) is 0 Å². The van der Waals surface area contributed by atoms with Crippen molar-refractivity contribution in [2.75, 3.05) is 10.6 Å². The predicted octanol–water partition coefficient (Wildman–Crippen LogP) is 6.02. The molecule has 0 unspecified atom stereocenters. The van der Waals surface area contributed by atoms with E-state index in [0.29, 0.717) is 55.0 Å². The molecule has 40 heavy (non-hydrogen) atoms. The molecule has 5 rings (SSSR count). The second-order valence-corrected chi connectivity index (χ2v) is 10.6. The molecule has 3 aromatic rings. The van der Waals surface area contributed by atoms with E-state index in [9.17, 15) is 22.8 Å². The molecule has 0 saturated carbocycles. The molecule has 1 atom stereocenters. The molecule has 0 saturated heterocycles. The van der Waals surface area contributed by atoms with Crippen LogP contribution in [-0.4, -0.2) is 22.8 Å². The second-order valence-electron chi connectivity index (χ2n) is 10.6. The van der Waals surface area contributed by atoms with E-state index in [0.717, 1.165) is 28.8 Å². The number of nitrogens with zero attached hydrogens (tertiary/aromatic N) is 1. The molecule has 7 nitrogen and oxygen atoms in total. The van der Waals surface area contributed by atoms with Crippen molar-refractivity contribution in [2.45, 2.75) is 64.7 Å². The van der Waals surface area contributed by atoms with Crippen LogP contribution in [-0.2, 0) is 41.6 Å². The number of carbonyl (C=O) groups is 2. The Balaban J connectivity index is 1.30. The third kappa shape index (κ3) is 6.44. The highest BCUT2D eigenvalue weighted by Gasteiger charge is 2.32. The molecule has 1 aliphatic carbocycles. The summed E-state index contributed by atoms with van der Waals surface area (Å²) < 4.78 is 46.8. The lowest BCUT2D eigenvalue weighted by Gasteiger charge is -2.25. The highest BCUT2D eigenvalue weighted by atomic mass is 19.4. The van der Waals surface area contributed by atoms with Gasteiger partial charge in [-0.05, 0) is 78.8 Å². The second kappa shape index (κ2) is 11.3. The fourth-order valence-corrected chi connectivity index (χ4v) is 5.10. The Kier molecular flexibility index (Phi) is 7.80. The van der Waals surface area contributed by atoms with Crippen LogP contribution in [0, 0.1) is 5.92 Å². The summed E-state index contributed by atoms with van der Waals surface area (Å²) in [5.41, 5.74) is 2.71. The van der Waals surface area contributed by atoms with Crippen LogP contribution < -0.4 is 20.7 Å². The average molecular weight is 553 g/mol. The van der Waals surface area contributed by atoms with E-state index in [1.165, 1.54) is 0 Å². The van der Waals surface area contributed by atoms with E-state index in [-0.39, 0.29) is 30.1 Å². The van der Waals surface area contributed by atoms with Gasteiger partial charge in [0.25, 0.3) is 0 Å². The third-order valence-electron chi connectivity index (χ3n) is 7.18. The largest absolute Gasteiger partial charge is 0.457 e. The van der Waals surface area contributed by atoms with Gasteiger partial charge in [-0.15, -0.1) is 0 Å². The molecule has 2 heterocycles. The van der Waals surface area contributed by atoms with Crippen LogP contribution in [0.3, 0.4) is 0 Å². The van der Waals surface area contributed by atoms with Gasteiger partial charge < -0.3 is 20.7 Å². The van der Waals surface area contributed by atoms with Crippen molar-refractivity contribution >= 4 is 23.3 Å². The summed E-state index contributed by atoms with van der Waals surface area (Å²) in [6, 6.07) is 11.3. The predicted molar refractivity (Wildman–Crippen MR) is 145 cm³/mol. The molecule has 0 spiro atoms. The number of hydrogen-bond acceptors (Lipinski definition) is 5. The average Bonchev–Trinajstić information content (AvgIpc) is 2.91. The molecule has 2 aliphatic rings. The standard InChI is InChI=1S/C30H31F3N4O3/c1-17(2)35-16-18-11-22(30(31,32)33)15-23(12-18)36-29(39)20-4-3-19-5-6-24(14-21(19)13-20)40-26-9-10-34-28-25(26)7-8-27(38)37-28/h5-6,9-12,14-15,17,20,35H,3-4,7-8,13,16H2,1-2H3,(H,36,39)(H,34,37,38)/t20-/m0/s1. The number of hydrogen-bond donors (Lipinski definition) is 3. The smallest absolute Gasteiger partial charge is 0.416 e. The first-order valence-electron chi connectivity index (χ1n) is 13.4. The number of ether oxygens (including phenoxy) is 1. The topological polar surface area (TPSA) is 92.3 Å². The Morgan fingerprint density at radius 1 is 1.10 bits per heavy atom. The summed E-state index contributed by atoms with van der Waals surface area (Å²) in [6.07, 6.45) is -0.332. The van der Waals surface area contributed by atoms with Gasteiger partial charge in [-0.25, -0.2) is 4.98 Å². The number of anilines is 2. The normalized spacial score (nSPS) is 16.6. The van der Waals surface area contributed by atoms with Crippen LogP contribution in [0.2, 0.25) is 0 Å². The van der Waals surface area contributed by atoms with Crippen LogP contribution in [0.5, 0.6) is 11.5 Å². The molecule has 2 aromatic carbocycles. The first-order chi connectivity index (χ1) is 19.0. The minimum absolute atomic E-state index is 0.0798. The van der Waals surface area contributed by atoms with Crippen molar-refractivity contribution < 1.29 is 27.5 Å². The van der Waals surface area contributed by atoms with Crippen molar-refractivity contribution in [3.63, 3.8) is 0 Å². The number of aryl methyl sites for hydroxylation is 1. The number of aromatic nitrogens is 1. The molecule has 1 aromatic heterocycles. The number of carbonyl (C=O) groups excluding carboxylic acids is 2. The summed E-state index contributed by atoms with van der Waals surface area (Å²) in [5.74, 6) is 0.939. The van der Waals surface area contributed by atoms with Crippen molar-refractivity contribution in [1.82, 2.24) is 10.3 Å². The zero-order valence-corrected chi connectivity index (χ0v) is 22.3.